The Kier molecular flexibility index (Phi) is 2.39. The summed E-state index contributed by atoms with van der Waals surface area (Å²) in [5.74, 6) is 0.572. The third-order valence-electron chi connectivity index (χ3n) is 3.59. The van der Waals surface area contributed by atoms with Gasteiger partial charge < -0.3 is 11.0 Å². The molecule has 1 aromatic heterocycles. The number of piperidine rings is 1. The van der Waals surface area contributed by atoms with Crippen LogP contribution in [0.3, 0.4) is 0 Å². The summed E-state index contributed by atoms with van der Waals surface area (Å²) in [5.41, 5.74) is 6.26. The van der Waals surface area contributed by atoms with E-state index in [1.807, 2.05) is 6.07 Å². The van der Waals surface area contributed by atoms with Gasteiger partial charge in [-0.2, -0.15) is 5.10 Å². The minimum atomic E-state index is -0.334. The van der Waals surface area contributed by atoms with E-state index in [0.717, 1.165) is 31.5 Å². The van der Waals surface area contributed by atoms with Gasteiger partial charge in [-0.1, -0.05) is 20.8 Å². The Balaban J connectivity index is 2.50. The Morgan fingerprint density at radius 2 is 2.25 bits per heavy atom. The summed E-state index contributed by atoms with van der Waals surface area (Å²) in [4.78, 5) is 0. The standard InChI is InChI=1S/C12H22N4/c1-11(2,3)12(6-4-5-7-14-12)9-8-10(13)16-15-9/h8,14H,4-7H2,1-3H3,(H3,13,15,16)/t12-/m1/s1/i/hD. The second kappa shape index (κ2) is 3.77. The number of anilines is 1. The zero-order valence-corrected chi connectivity index (χ0v) is 10.4. The normalized spacial score (nSPS) is 29.1. The van der Waals surface area contributed by atoms with Crippen LogP contribution in [0, 0.1) is 5.41 Å². The first-order valence-corrected chi connectivity index (χ1v) is 5.96. The average Bonchev–Trinajstić information content (AvgIpc) is 2.64. The van der Waals surface area contributed by atoms with Crippen molar-refractivity contribution in [2.75, 3.05) is 12.3 Å². The number of hydrogen-bond acceptors (Lipinski definition) is 3. The number of nitrogens with zero attached hydrogens (tertiary/aromatic N) is 1. The first-order valence-electron chi connectivity index (χ1n) is 6.40. The van der Waals surface area contributed by atoms with Gasteiger partial charge in [0.2, 0.25) is 0 Å². The highest BCUT2D eigenvalue weighted by molar-refractivity contribution is 5.33. The third kappa shape index (κ3) is 1.71. The van der Waals surface area contributed by atoms with Crippen molar-refractivity contribution in [3.63, 3.8) is 0 Å². The van der Waals surface area contributed by atoms with Crippen molar-refractivity contribution in [3.05, 3.63) is 11.8 Å². The van der Waals surface area contributed by atoms with E-state index in [-0.39, 0.29) is 11.0 Å². The summed E-state index contributed by atoms with van der Waals surface area (Å²) in [6.07, 6.45) is 3.19. The fraction of sp³-hybridized carbons (Fsp3) is 0.750. The molecular weight excluding hydrogens is 200 g/mol. The van der Waals surface area contributed by atoms with Gasteiger partial charge in [0.15, 0.2) is 0 Å². The molecule has 16 heavy (non-hydrogen) atoms. The molecule has 0 amide bonds. The summed E-state index contributed by atoms with van der Waals surface area (Å²) in [7, 11) is 0. The molecule has 1 aliphatic heterocycles. The van der Waals surface area contributed by atoms with Gasteiger partial charge >= 0.3 is 0 Å². The average molecular weight is 223 g/mol. The second-order valence-electron chi connectivity index (χ2n) is 5.66. The molecule has 1 atom stereocenters. The fourth-order valence-electron chi connectivity index (χ4n) is 2.60. The van der Waals surface area contributed by atoms with Gasteiger partial charge in [-0.25, -0.2) is 0 Å². The lowest BCUT2D eigenvalue weighted by Crippen LogP contribution is -2.54. The number of H-pyrrole nitrogens is 1. The second-order valence-corrected chi connectivity index (χ2v) is 5.66. The predicted octanol–water partition coefficient (Wildman–Crippen LogP) is 2.01. The van der Waals surface area contributed by atoms with Crippen LogP contribution in [0.1, 0.15) is 45.7 Å². The minimum absolute atomic E-state index is 0.0448. The molecule has 1 fully saturated rings. The maximum absolute atomic E-state index is 8.32. The van der Waals surface area contributed by atoms with Crippen LogP contribution in [0.25, 0.3) is 0 Å². The first-order chi connectivity index (χ1) is 7.88. The van der Waals surface area contributed by atoms with E-state index >= 15 is 0 Å². The molecule has 4 nitrogen and oxygen atoms in total. The molecule has 2 rings (SSSR count). The molecule has 0 aromatic carbocycles. The molecule has 1 saturated heterocycles. The summed E-state index contributed by atoms with van der Waals surface area (Å²) in [5, 5.41) is 8.82. The Bertz CT molecular complexity index is 395. The number of nitrogen functional groups attached to an aromatic ring is 1. The highest BCUT2D eigenvalue weighted by Gasteiger charge is 2.45. The Hall–Kier alpha value is -1.03. The lowest BCUT2D eigenvalue weighted by molar-refractivity contribution is 0.0952. The van der Waals surface area contributed by atoms with Gasteiger partial charge in [0, 0.05) is 6.07 Å². The van der Waals surface area contributed by atoms with Crippen molar-refractivity contribution >= 4 is 5.82 Å². The zero-order chi connectivity index (χ0) is 12.7. The topological polar surface area (TPSA) is 66.7 Å². The number of aromatic nitrogens is 2. The number of nitrogens with two attached hydrogens (primary N) is 1. The van der Waals surface area contributed by atoms with Crippen LogP contribution in [0.15, 0.2) is 6.07 Å². The van der Waals surface area contributed by atoms with Crippen molar-refractivity contribution < 1.29 is 1.41 Å². The molecule has 0 unspecified atom stereocenters. The molecular formula is C12H22N4. The molecule has 0 spiro atoms. The Labute approximate surface area is 98.5 Å². The van der Waals surface area contributed by atoms with Crippen LogP contribution in [-0.2, 0) is 5.54 Å². The molecule has 0 saturated carbocycles. The van der Waals surface area contributed by atoms with Crippen LogP contribution in [-0.4, -0.2) is 16.7 Å². The van der Waals surface area contributed by atoms with Crippen molar-refractivity contribution in [3.8, 4) is 0 Å². The van der Waals surface area contributed by atoms with Crippen LogP contribution in [0.4, 0.5) is 5.82 Å². The van der Waals surface area contributed by atoms with E-state index in [4.69, 9.17) is 7.15 Å². The van der Waals surface area contributed by atoms with Crippen molar-refractivity contribution in [1.29, 1.82) is 0 Å². The first kappa shape index (κ1) is 10.1. The van der Waals surface area contributed by atoms with Crippen LogP contribution >= 0.6 is 0 Å². The van der Waals surface area contributed by atoms with Crippen molar-refractivity contribution in [2.24, 2.45) is 5.41 Å². The van der Waals surface area contributed by atoms with E-state index in [0.29, 0.717) is 5.82 Å². The van der Waals surface area contributed by atoms with Gasteiger partial charge in [-0.05, 0) is 31.2 Å². The van der Waals surface area contributed by atoms with Gasteiger partial charge in [-0.15, -0.1) is 0 Å². The molecule has 1 aliphatic rings. The van der Waals surface area contributed by atoms with Crippen molar-refractivity contribution in [1.82, 2.24) is 15.5 Å². The summed E-state index contributed by atoms with van der Waals surface area (Å²) in [6.45, 7) is 7.31. The molecule has 0 aliphatic carbocycles. The van der Waals surface area contributed by atoms with Crippen LogP contribution in [0.5, 0.6) is 0 Å². The lowest BCUT2D eigenvalue weighted by atomic mass is 9.67. The number of hydrogen-bond donors (Lipinski definition) is 3. The molecule has 0 radical (unpaired) electrons. The number of aromatic amines is 1. The van der Waals surface area contributed by atoms with Gasteiger partial charge in [0.05, 0.1) is 11.2 Å². The van der Waals surface area contributed by atoms with E-state index in [9.17, 15) is 0 Å². The number of rotatable bonds is 1. The zero-order valence-electron chi connectivity index (χ0n) is 11.4. The molecule has 2 heterocycles. The highest BCUT2D eigenvalue weighted by atomic mass is 15.2. The van der Waals surface area contributed by atoms with Crippen molar-refractivity contribution in [2.45, 2.75) is 45.6 Å². The Morgan fingerprint density at radius 3 is 2.75 bits per heavy atom. The highest BCUT2D eigenvalue weighted by Crippen LogP contribution is 2.44. The third-order valence-corrected chi connectivity index (χ3v) is 3.59. The fourth-order valence-corrected chi connectivity index (χ4v) is 2.60. The molecule has 4 heteroatoms. The smallest absolute Gasteiger partial charge is 0.123 e. The molecule has 1 aromatic rings. The van der Waals surface area contributed by atoms with E-state index in [1.165, 1.54) is 0 Å². The predicted molar refractivity (Wildman–Crippen MR) is 66.0 cm³/mol. The molecule has 4 N–H and O–H groups in total. The summed E-state index contributed by atoms with van der Waals surface area (Å²) >= 11 is 0. The van der Waals surface area contributed by atoms with Gasteiger partial charge in [-0.3, -0.25) is 5.10 Å². The van der Waals surface area contributed by atoms with Gasteiger partial charge in [0.25, 0.3) is 0 Å². The lowest BCUT2D eigenvalue weighted by Gasteiger charge is -2.47. The number of nitrogens with one attached hydrogen (secondary N) is 2. The SMILES string of the molecule is [2H]N1CCCC[C@@]1(c1cc(N)[nH]n1)C(C)(C)C. The summed E-state index contributed by atoms with van der Waals surface area (Å²) in [6, 6.07) is 1.87. The van der Waals surface area contributed by atoms with Crippen LogP contribution in [0.2, 0.25) is 1.41 Å². The summed E-state index contributed by atoms with van der Waals surface area (Å²) < 4.78 is 8.32. The Morgan fingerprint density at radius 1 is 1.50 bits per heavy atom. The van der Waals surface area contributed by atoms with E-state index < -0.39 is 0 Å². The maximum Gasteiger partial charge on any atom is 0.123 e. The monoisotopic (exact) mass is 223 g/mol. The van der Waals surface area contributed by atoms with Crippen LogP contribution < -0.4 is 11.0 Å². The quantitative estimate of drug-likeness (QED) is 0.682. The van der Waals surface area contributed by atoms with Gasteiger partial charge in [0.1, 0.15) is 7.23 Å². The minimum Gasteiger partial charge on any atom is -0.384 e. The molecule has 0 bridgehead atoms. The maximum atomic E-state index is 8.32. The molecule has 90 valence electrons. The van der Waals surface area contributed by atoms with E-state index in [1.54, 1.807) is 5.31 Å². The van der Waals surface area contributed by atoms with E-state index in [2.05, 4.69) is 31.0 Å². The largest absolute Gasteiger partial charge is 0.384 e.